The van der Waals surface area contributed by atoms with E-state index in [1.165, 1.54) is 38.8 Å². The summed E-state index contributed by atoms with van der Waals surface area (Å²) >= 11 is 0. The summed E-state index contributed by atoms with van der Waals surface area (Å²) in [5.41, 5.74) is 0.481. The Morgan fingerprint density at radius 2 is 1.86 bits per heavy atom. The minimum atomic E-state index is -0.000992. The topological polar surface area (TPSA) is 24.5 Å². The fourth-order valence-corrected chi connectivity index (χ4v) is 4.34. The van der Waals surface area contributed by atoms with Gasteiger partial charge in [-0.3, -0.25) is 4.90 Å². The van der Waals surface area contributed by atoms with Crippen molar-refractivity contribution in [3.63, 3.8) is 0 Å². The highest BCUT2D eigenvalue weighted by Gasteiger charge is 2.39. The standard InChI is InChI=1S/C18H36N2O/c1-6-19-12-18(9-7-15(2)8-10-18)14-20-11-16(3)21-17(4,5)13-20/h15-16,19H,6-14H2,1-5H3. The van der Waals surface area contributed by atoms with Gasteiger partial charge in [0, 0.05) is 26.2 Å². The van der Waals surface area contributed by atoms with E-state index in [0.29, 0.717) is 11.5 Å². The highest BCUT2D eigenvalue weighted by molar-refractivity contribution is 4.92. The zero-order valence-corrected chi connectivity index (χ0v) is 14.9. The molecule has 0 spiro atoms. The van der Waals surface area contributed by atoms with Crippen LogP contribution in [-0.2, 0) is 4.74 Å². The highest BCUT2D eigenvalue weighted by atomic mass is 16.5. The normalized spacial score (nSPS) is 37.6. The Labute approximate surface area is 131 Å². The van der Waals surface area contributed by atoms with Gasteiger partial charge in [0.05, 0.1) is 11.7 Å². The van der Waals surface area contributed by atoms with Crippen molar-refractivity contribution in [2.45, 2.75) is 72.0 Å². The molecule has 0 bridgehead atoms. The molecule has 21 heavy (non-hydrogen) atoms. The van der Waals surface area contributed by atoms with Gasteiger partial charge >= 0.3 is 0 Å². The average Bonchev–Trinajstić information content (AvgIpc) is 2.37. The maximum atomic E-state index is 6.07. The first-order valence-corrected chi connectivity index (χ1v) is 8.95. The van der Waals surface area contributed by atoms with Crippen LogP contribution in [0.5, 0.6) is 0 Å². The predicted molar refractivity (Wildman–Crippen MR) is 89.7 cm³/mol. The molecular formula is C18H36N2O. The molecular weight excluding hydrogens is 260 g/mol. The molecule has 3 nitrogen and oxygen atoms in total. The van der Waals surface area contributed by atoms with Crippen LogP contribution in [0, 0.1) is 11.3 Å². The van der Waals surface area contributed by atoms with Crippen LogP contribution in [0.1, 0.15) is 60.3 Å². The van der Waals surface area contributed by atoms with Crippen LogP contribution in [0.3, 0.4) is 0 Å². The van der Waals surface area contributed by atoms with Gasteiger partial charge in [-0.2, -0.15) is 0 Å². The lowest BCUT2D eigenvalue weighted by Crippen LogP contribution is -2.56. The summed E-state index contributed by atoms with van der Waals surface area (Å²) in [6, 6.07) is 0. The first-order valence-electron chi connectivity index (χ1n) is 8.95. The molecule has 1 unspecified atom stereocenters. The number of morpholine rings is 1. The van der Waals surface area contributed by atoms with Gasteiger partial charge in [-0.25, -0.2) is 0 Å². The van der Waals surface area contributed by atoms with Crippen molar-refractivity contribution in [1.82, 2.24) is 10.2 Å². The summed E-state index contributed by atoms with van der Waals surface area (Å²) < 4.78 is 6.07. The Morgan fingerprint density at radius 3 is 2.43 bits per heavy atom. The second-order valence-electron chi connectivity index (χ2n) is 8.32. The molecule has 1 heterocycles. The SMILES string of the molecule is CCNCC1(CN2CC(C)OC(C)(C)C2)CCC(C)CC1. The van der Waals surface area contributed by atoms with E-state index >= 15 is 0 Å². The largest absolute Gasteiger partial charge is 0.370 e. The Bertz CT molecular complexity index is 316. The van der Waals surface area contributed by atoms with Crippen molar-refractivity contribution in [2.24, 2.45) is 11.3 Å². The van der Waals surface area contributed by atoms with Crippen molar-refractivity contribution < 1.29 is 4.74 Å². The first-order chi connectivity index (χ1) is 9.84. The second-order valence-corrected chi connectivity index (χ2v) is 8.32. The number of hydrogen-bond donors (Lipinski definition) is 1. The van der Waals surface area contributed by atoms with Gasteiger partial charge in [-0.1, -0.05) is 26.7 Å². The first kappa shape index (κ1) is 17.2. The van der Waals surface area contributed by atoms with Crippen molar-refractivity contribution >= 4 is 0 Å². The molecule has 2 aliphatic rings. The average molecular weight is 296 g/mol. The molecule has 2 rings (SSSR count). The fraction of sp³-hybridized carbons (Fsp3) is 1.00. The van der Waals surface area contributed by atoms with E-state index in [1.54, 1.807) is 0 Å². The summed E-state index contributed by atoms with van der Waals surface area (Å²) in [6.07, 6.45) is 5.91. The van der Waals surface area contributed by atoms with E-state index in [0.717, 1.165) is 25.6 Å². The molecule has 1 saturated heterocycles. The predicted octanol–water partition coefficient (Wildman–Crippen LogP) is 3.29. The van der Waals surface area contributed by atoms with Crippen molar-refractivity contribution in [3.05, 3.63) is 0 Å². The molecule has 124 valence electrons. The molecule has 1 atom stereocenters. The molecule has 3 heteroatoms. The van der Waals surface area contributed by atoms with Crippen LogP contribution in [0.4, 0.5) is 0 Å². The third-order valence-electron chi connectivity index (χ3n) is 5.28. The van der Waals surface area contributed by atoms with E-state index in [-0.39, 0.29) is 5.60 Å². The summed E-state index contributed by atoms with van der Waals surface area (Å²) in [6.45, 7) is 17.0. The molecule has 2 fully saturated rings. The molecule has 0 radical (unpaired) electrons. The monoisotopic (exact) mass is 296 g/mol. The van der Waals surface area contributed by atoms with Crippen LogP contribution in [0.2, 0.25) is 0 Å². The molecule has 1 saturated carbocycles. The van der Waals surface area contributed by atoms with Gasteiger partial charge in [0.25, 0.3) is 0 Å². The van der Waals surface area contributed by atoms with Gasteiger partial charge in [0.15, 0.2) is 0 Å². The number of rotatable bonds is 5. The van der Waals surface area contributed by atoms with Crippen LogP contribution in [-0.4, -0.2) is 49.3 Å². The number of nitrogens with zero attached hydrogens (tertiary/aromatic N) is 1. The van der Waals surface area contributed by atoms with Crippen LogP contribution < -0.4 is 5.32 Å². The fourth-order valence-electron chi connectivity index (χ4n) is 4.34. The lowest BCUT2D eigenvalue weighted by Gasteiger charge is -2.48. The van der Waals surface area contributed by atoms with E-state index in [1.807, 2.05) is 0 Å². The van der Waals surface area contributed by atoms with Gasteiger partial charge < -0.3 is 10.1 Å². The van der Waals surface area contributed by atoms with Crippen molar-refractivity contribution in [2.75, 3.05) is 32.7 Å². The maximum Gasteiger partial charge on any atom is 0.0757 e. The van der Waals surface area contributed by atoms with E-state index in [4.69, 9.17) is 4.74 Å². The summed E-state index contributed by atoms with van der Waals surface area (Å²) in [4.78, 5) is 2.67. The molecule has 0 aromatic carbocycles. The third-order valence-corrected chi connectivity index (χ3v) is 5.28. The smallest absolute Gasteiger partial charge is 0.0757 e. The summed E-state index contributed by atoms with van der Waals surface area (Å²) in [7, 11) is 0. The van der Waals surface area contributed by atoms with Gasteiger partial charge in [0.2, 0.25) is 0 Å². The van der Waals surface area contributed by atoms with Gasteiger partial charge in [-0.15, -0.1) is 0 Å². The molecule has 0 amide bonds. The number of hydrogen-bond acceptors (Lipinski definition) is 3. The van der Waals surface area contributed by atoms with Crippen molar-refractivity contribution in [1.29, 1.82) is 0 Å². The third kappa shape index (κ3) is 4.94. The molecule has 0 aromatic rings. The zero-order chi connectivity index (χ0) is 15.5. The second kappa shape index (κ2) is 6.97. The van der Waals surface area contributed by atoms with Crippen LogP contribution in [0.15, 0.2) is 0 Å². The van der Waals surface area contributed by atoms with E-state index < -0.39 is 0 Å². The quantitative estimate of drug-likeness (QED) is 0.842. The molecule has 1 aliphatic heterocycles. The van der Waals surface area contributed by atoms with Crippen LogP contribution >= 0.6 is 0 Å². The minimum Gasteiger partial charge on any atom is -0.370 e. The Kier molecular flexibility index (Phi) is 5.72. The summed E-state index contributed by atoms with van der Waals surface area (Å²) in [5, 5.41) is 3.64. The Morgan fingerprint density at radius 1 is 1.19 bits per heavy atom. The minimum absolute atomic E-state index is 0.000992. The lowest BCUT2D eigenvalue weighted by molar-refractivity contribution is -0.136. The van der Waals surface area contributed by atoms with Gasteiger partial charge in [0.1, 0.15) is 0 Å². The lowest BCUT2D eigenvalue weighted by atomic mass is 9.70. The Hall–Kier alpha value is -0.120. The van der Waals surface area contributed by atoms with E-state index in [2.05, 4.69) is 44.8 Å². The molecule has 1 N–H and O–H groups in total. The zero-order valence-electron chi connectivity index (χ0n) is 14.9. The van der Waals surface area contributed by atoms with E-state index in [9.17, 15) is 0 Å². The molecule has 1 aliphatic carbocycles. The van der Waals surface area contributed by atoms with Gasteiger partial charge in [-0.05, 0) is 51.5 Å². The highest BCUT2D eigenvalue weighted by Crippen LogP contribution is 2.40. The Balaban J connectivity index is 2.00. The maximum absolute atomic E-state index is 6.07. The number of nitrogens with one attached hydrogen (secondary N) is 1. The molecule has 0 aromatic heterocycles. The summed E-state index contributed by atoms with van der Waals surface area (Å²) in [5.74, 6) is 0.916. The van der Waals surface area contributed by atoms with Crippen molar-refractivity contribution in [3.8, 4) is 0 Å². The van der Waals surface area contributed by atoms with Crippen LogP contribution in [0.25, 0.3) is 0 Å². The number of ether oxygens (including phenoxy) is 1.